The Balaban J connectivity index is 1.41. The molecule has 0 radical (unpaired) electrons. The molecule has 2 heterocycles. The third-order valence-corrected chi connectivity index (χ3v) is 7.05. The fraction of sp³-hybridized carbons (Fsp3) is 0.333. The maximum Gasteiger partial charge on any atom is 0.294 e. The molecule has 2 aliphatic rings. The van der Waals surface area contributed by atoms with Crippen molar-refractivity contribution < 1.29 is 28.7 Å². The summed E-state index contributed by atoms with van der Waals surface area (Å²) in [5, 5.41) is 2.74. The van der Waals surface area contributed by atoms with Crippen LogP contribution in [0.5, 0.6) is 11.5 Å². The first-order chi connectivity index (χ1) is 18.3. The zero-order chi connectivity index (χ0) is 27.1. The quantitative estimate of drug-likeness (QED) is 0.441. The number of nitrogens with zero attached hydrogens (tertiary/aromatic N) is 2. The second kappa shape index (κ2) is 12.8. The van der Waals surface area contributed by atoms with Crippen LogP contribution in [-0.2, 0) is 14.4 Å². The minimum Gasteiger partial charge on any atom is -0.490 e. The number of imide groups is 1. The number of likely N-dealkylation sites (tertiary alicyclic amines) is 1. The molecule has 0 spiro atoms. The first-order valence-corrected chi connectivity index (χ1v) is 13.5. The Morgan fingerprint density at radius 2 is 1.84 bits per heavy atom. The number of thioether (sulfide) groups is 1. The van der Waals surface area contributed by atoms with Crippen LogP contribution in [0.1, 0.15) is 31.7 Å². The first kappa shape index (κ1) is 27.5. The van der Waals surface area contributed by atoms with E-state index in [1.807, 2.05) is 6.92 Å². The number of rotatable bonds is 9. The van der Waals surface area contributed by atoms with Crippen molar-refractivity contribution >= 4 is 58.1 Å². The van der Waals surface area contributed by atoms with Gasteiger partial charge in [-0.15, -0.1) is 0 Å². The number of halogens is 1. The number of hydrogen-bond acceptors (Lipinski definition) is 7. The number of hydrogen-bond donors (Lipinski definition) is 1. The van der Waals surface area contributed by atoms with Crippen LogP contribution >= 0.6 is 23.4 Å². The molecule has 0 atom stereocenters. The van der Waals surface area contributed by atoms with E-state index in [2.05, 4.69) is 5.32 Å². The predicted molar refractivity (Wildman–Crippen MR) is 146 cm³/mol. The summed E-state index contributed by atoms with van der Waals surface area (Å²) in [6, 6.07) is 11.8. The lowest BCUT2D eigenvalue weighted by atomic mass is 10.1. The predicted octanol–water partition coefficient (Wildman–Crippen LogP) is 4.81. The molecule has 2 aromatic rings. The van der Waals surface area contributed by atoms with Crippen LogP contribution in [0.4, 0.5) is 10.5 Å². The molecule has 2 saturated heterocycles. The van der Waals surface area contributed by atoms with Gasteiger partial charge in [0.05, 0.1) is 11.5 Å². The smallest absolute Gasteiger partial charge is 0.294 e. The van der Waals surface area contributed by atoms with Crippen molar-refractivity contribution in [2.45, 2.75) is 26.2 Å². The number of anilines is 1. The summed E-state index contributed by atoms with van der Waals surface area (Å²) in [5.41, 5.74) is 1.16. The van der Waals surface area contributed by atoms with Crippen LogP contribution in [0.2, 0.25) is 5.02 Å². The first-order valence-electron chi connectivity index (χ1n) is 12.3. The average molecular weight is 558 g/mol. The number of ether oxygens (including phenoxy) is 2. The molecule has 4 amide bonds. The van der Waals surface area contributed by atoms with Gasteiger partial charge in [-0.2, -0.15) is 0 Å². The molecule has 0 bridgehead atoms. The number of piperidine rings is 1. The van der Waals surface area contributed by atoms with E-state index in [4.69, 9.17) is 21.1 Å². The maximum absolute atomic E-state index is 12.9. The number of carbonyl (C=O) groups is 4. The zero-order valence-electron chi connectivity index (χ0n) is 20.9. The molecule has 0 saturated carbocycles. The SMILES string of the molecule is CCOc1cc(/C=C2\SC(=O)N(CC(=O)N3CCCCC3)C2=O)ccc1OCC(=O)Nc1cccc(Cl)c1. The number of benzene rings is 2. The third kappa shape index (κ3) is 7.08. The van der Waals surface area contributed by atoms with Crippen molar-refractivity contribution in [3.8, 4) is 11.5 Å². The highest BCUT2D eigenvalue weighted by Crippen LogP contribution is 2.35. The highest BCUT2D eigenvalue weighted by molar-refractivity contribution is 8.18. The van der Waals surface area contributed by atoms with Gasteiger partial charge >= 0.3 is 0 Å². The summed E-state index contributed by atoms with van der Waals surface area (Å²) < 4.78 is 11.3. The Hall–Kier alpha value is -3.50. The van der Waals surface area contributed by atoms with Crippen LogP contribution < -0.4 is 14.8 Å². The normalized spacial score (nSPS) is 16.6. The largest absolute Gasteiger partial charge is 0.490 e. The maximum atomic E-state index is 12.9. The standard InChI is InChI=1S/C27H28ClN3O6S/c1-2-36-22-13-18(9-10-21(22)37-17-24(32)29-20-8-6-7-19(28)15-20)14-23-26(34)31(27(35)38-23)16-25(33)30-11-4-3-5-12-30/h6-10,13-15H,2-5,11-12,16-17H2,1H3,(H,29,32)/b23-14-. The van der Waals surface area contributed by atoms with Crippen molar-refractivity contribution in [2.75, 3.05) is 38.2 Å². The van der Waals surface area contributed by atoms with Crippen LogP contribution in [0.15, 0.2) is 47.4 Å². The topological polar surface area (TPSA) is 105 Å². The van der Waals surface area contributed by atoms with Gasteiger partial charge in [-0.05, 0) is 79.9 Å². The van der Waals surface area contributed by atoms with E-state index in [1.165, 1.54) is 0 Å². The number of amides is 4. The average Bonchev–Trinajstić information content (AvgIpc) is 3.16. The lowest BCUT2D eigenvalue weighted by Gasteiger charge is -2.27. The summed E-state index contributed by atoms with van der Waals surface area (Å²) in [5.74, 6) is -0.345. The summed E-state index contributed by atoms with van der Waals surface area (Å²) >= 11 is 6.75. The summed E-state index contributed by atoms with van der Waals surface area (Å²) in [6.45, 7) is 2.96. The molecule has 200 valence electrons. The Bertz CT molecular complexity index is 1260. The minimum absolute atomic E-state index is 0.215. The van der Waals surface area contributed by atoms with E-state index in [0.717, 1.165) is 35.9 Å². The van der Waals surface area contributed by atoms with Gasteiger partial charge in [0.1, 0.15) is 6.54 Å². The molecule has 0 aromatic heterocycles. The molecule has 2 aliphatic heterocycles. The molecular formula is C27H28ClN3O6S. The highest BCUT2D eigenvalue weighted by atomic mass is 35.5. The zero-order valence-corrected chi connectivity index (χ0v) is 22.5. The van der Waals surface area contributed by atoms with E-state index >= 15 is 0 Å². The monoisotopic (exact) mass is 557 g/mol. The minimum atomic E-state index is -0.499. The van der Waals surface area contributed by atoms with Gasteiger partial charge in [0, 0.05) is 23.8 Å². The molecule has 4 rings (SSSR count). The number of carbonyl (C=O) groups excluding carboxylic acids is 4. The summed E-state index contributed by atoms with van der Waals surface area (Å²) in [4.78, 5) is 53.2. The van der Waals surface area contributed by atoms with Crippen molar-refractivity contribution in [1.82, 2.24) is 9.80 Å². The second-order valence-corrected chi connectivity index (χ2v) is 10.1. The van der Waals surface area contributed by atoms with E-state index in [0.29, 0.717) is 47.5 Å². The molecular weight excluding hydrogens is 530 g/mol. The molecule has 2 fully saturated rings. The molecule has 1 N–H and O–H groups in total. The van der Waals surface area contributed by atoms with Crippen molar-refractivity contribution in [3.63, 3.8) is 0 Å². The van der Waals surface area contributed by atoms with Crippen LogP contribution in [-0.4, -0.2) is 65.6 Å². The molecule has 2 aromatic carbocycles. The fourth-order valence-corrected chi connectivity index (χ4v) is 5.10. The number of nitrogens with one attached hydrogen (secondary N) is 1. The highest BCUT2D eigenvalue weighted by Gasteiger charge is 2.37. The lowest BCUT2D eigenvalue weighted by molar-refractivity contribution is -0.136. The van der Waals surface area contributed by atoms with Crippen molar-refractivity contribution in [1.29, 1.82) is 0 Å². The molecule has 9 nitrogen and oxygen atoms in total. The van der Waals surface area contributed by atoms with Crippen LogP contribution in [0.3, 0.4) is 0 Å². The van der Waals surface area contributed by atoms with E-state index in [9.17, 15) is 19.2 Å². The van der Waals surface area contributed by atoms with Gasteiger partial charge in [0.15, 0.2) is 18.1 Å². The van der Waals surface area contributed by atoms with Gasteiger partial charge in [-0.25, -0.2) is 0 Å². The van der Waals surface area contributed by atoms with Gasteiger partial charge < -0.3 is 19.7 Å². The van der Waals surface area contributed by atoms with E-state index in [-0.39, 0.29) is 29.9 Å². The van der Waals surface area contributed by atoms with Crippen molar-refractivity contribution in [3.05, 3.63) is 58.0 Å². The molecule has 38 heavy (non-hydrogen) atoms. The van der Waals surface area contributed by atoms with Gasteiger partial charge in [-0.1, -0.05) is 23.7 Å². The molecule has 0 unspecified atom stereocenters. The fourth-order valence-electron chi connectivity index (χ4n) is 4.07. The van der Waals surface area contributed by atoms with Crippen LogP contribution in [0, 0.1) is 0 Å². The van der Waals surface area contributed by atoms with E-state index < -0.39 is 11.1 Å². The lowest BCUT2D eigenvalue weighted by Crippen LogP contribution is -2.44. The van der Waals surface area contributed by atoms with Crippen molar-refractivity contribution in [2.24, 2.45) is 0 Å². The van der Waals surface area contributed by atoms with Crippen LogP contribution in [0.25, 0.3) is 6.08 Å². The summed E-state index contributed by atoms with van der Waals surface area (Å²) in [7, 11) is 0. The molecule has 11 heteroatoms. The summed E-state index contributed by atoms with van der Waals surface area (Å²) in [6.07, 6.45) is 4.52. The Labute approximate surface area is 230 Å². The van der Waals surface area contributed by atoms with E-state index in [1.54, 1.807) is 53.4 Å². The van der Waals surface area contributed by atoms with Gasteiger partial charge in [-0.3, -0.25) is 24.1 Å². The Morgan fingerprint density at radius 1 is 1.05 bits per heavy atom. The Kier molecular flexibility index (Phi) is 9.30. The van der Waals surface area contributed by atoms with Gasteiger partial charge in [0.25, 0.3) is 17.1 Å². The molecule has 0 aliphatic carbocycles. The van der Waals surface area contributed by atoms with Gasteiger partial charge in [0.2, 0.25) is 5.91 Å². The Morgan fingerprint density at radius 3 is 2.58 bits per heavy atom. The second-order valence-electron chi connectivity index (χ2n) is 8.70. The third-order valence-electron chi connectivity index (χ3n) is 5.91.